The fourth-order valence-electron chi connectivity index (χ4n) is 2.94. The van der Waals surface area contributed by atoms with Gasteiger partial charge in [0, 0.05) is 44.4 Å². The lowest BCUT2D eigenvalue weighted by Crippen LogP contribution is -2.39. The van der Waals surface area contributed by atoms with Crippen molar-refractivity contribution in [2.75, 3.05) is 33.3 Å². The molecule has 27 heavy (non-hydrogen) atoms. The van der Waals surface area contributed by atoms with E-state index >= 15 is 0 Å². The Morgan fingerprint density at radius 3 is 2.07 bits per heavy atom. The molecule has 3 N–H and O–H groups in total. The van der Waals surface area contributed by atoms with E-state index in [0.29, 0.717) is 5.56 Å². The standard InChI is InChI=1S/C15H12O5S.C4H10N2/c1-15(18,19-2)14-13(21)9-10(16)7-5-3-4-6-8(7)11(17)12(9)20-14;1-2-6-4-3-5-1/h3-6,18,21H,1-2H3;5-6H,1-4H2. The molecule has 1 atom stereocenters. The van der Waals surface area contributed by atoms with Crippen LogP contribution in [0.5, 0.6) is 0 Å². The second kappa shape index (κ2) is 7.95. The molecule has 2 heterocycles. The average molecular weight is 390 g/mol. The predicted octanol–water partition coefficient (Wildman–Crippen LogP) is 1.33. The maximum Gasteiger partial charge on any atom is 0.229 e. The Morgan fingerprint density at radius 1 is 1.07 bits per heavy atom. The summed E-state index contributed by atoms with van der Waals surface area (Å²) in [5, 5.41) is 16.6. The summed E-state index contributed by atoms with van der Waals surface area (Å²) in [7, 11) is 1.28. The zero-order valence-corrected chi connectivity index (χ0v) is 16.1. The molecule has 0 saturated carbocycles. The molecular weight excluding hydrogens is 368 g/mol. The molecule has 2 aromatic rings. The minimum Gasteiger partial charge on any atom is -0.450 e. The molecule has 1 aromatic carbocycles. The van der Waals surface area contributed by atoms with E-state index in [1.807, 2.05) is 0 Å². The minimum absolute atomic E-state index is 0.0622. The van der Waals surface area contributed by atoms with Gasteiger partial charge in [0.15, 0.2) is 17.3 Å². The van der Waals surface area contributed by atoms with Crippen LogP contribution in [0.15, 0.2) is 33.6 Å². The molecule has 0 amide bonds. The Hall–Kier alpha value is -1.97. The van der Waals surface area contributed by atoms with E-state index in [9.17, 15) is 14.7 Å². The van der Waals surface area contributed by atoms with Crippen LogP contribution in [-0.4, -0.2) is 50.0 Å². The quantitative estimate of drug-likeness (QED) is 0.387. The van der Waals surface area contributed by atoms with Gasteiger partial charge in [-0.15, -0.1) is 12.6 Å². The van der Waals surface area contributed by atoms with Crippen molar-refractivity contribution in [2.45, 2.75) is 17.6 Å². The second-order valence-electron chi connectivity index (χ2n) is 6.37. The number of carbonyl (C=O) groups excluding carboxylic acids is 2. The van der Waals surface area contributed by atoms with Crippen molar-refractivity contribution in [1.82, 2.24) is 10.6 Å². The molecule has 7 nitrogen and oxygen atoms in total. The van der Waals surface area contributed by atoms with Crippen LogP contribution in [0.1, 0.15) is 44.7 Å². The summed E-state index contributed by atoms with van der Waals surface area (Å²) in [6.07, 6.45) is 0. The van der Waals surface area contributed by atoms with Crippen molar-refractivity contribution in [3.63, 3.8) is 0 Å². The molecule has 0 bridgehead atoms. The normalized spacial score (nSPS) is 18.1. The van der Waals surface area contributed by atoms with Crippen molar-refractivity contribution >= 4 is 24.2 Å². The van der Waals surface area contributed by atoms with Gasteiger partial charge in [-0.25, -0.2) is 0 Å². The van der Waals surface area contributed by atoms with E-state index in [2.05, 4.69) is 23.3 Å². The highest BCUT2D eigenvalue weighted by Gasteiger charge is 2.40. The molecule has 0 spiro atoms. The molecule has 1 aromatic heterocycles. The van der Waals surface area contributed by atoms with Gasteiger partial charge in [-0.1, -0.05) is 24.3 Å². The van der Waals surface area contributed by atoms with Crippen molar-refractivity contribution in [3.8, 4) is 0 Å². The van der Waals surface area contributed by atoms with Gasteiger partial charge in [0.2, 0.25) is 11.6 Å². The minimum atomic E-state index is -1.78. The molecule has 1 saturated heterocycles. The van der Waals surface area contributed by atoms with E-state index in [1.54, 1.807) is 24.3 Å². The average Bonchev–Trinajstić information content (AvgIpc) is 3.06. The van der Waals surface area contributed by atoms with E-state index in [4.69, 9.17) is 9.15 Å². The van der Waals surface area contributed by atoms with Gasteiger partial charge >= 0.3 is 0 Å². The number of nitrogens with one attached hydrogen (secondary N) is 2. The largest absolute Gasteiger partial charge is 0.450 e. The summed E-state index contributed by atoms with van der Waals surface area (Å²) in [4.78, 5) is 25.1. The zero-order valence-electron chi connectivity index (χ0n) is 15.2. The van der Waals surface area contributed by atoms with Crippen molar-refractivity contribution in [2.24, 2.45) is 0 Å². The predicted molar refractivity (Wildman–Crippen MR) is 102 cm³/mol. The van der Waals surface area contributed by atoms with Crippen LogP contribution < -0.4 is 10.6 Å². The van der Waals surface area contributed by atoms with Crippen LogP contribution in [0, 0.1) is 0 Å². The number of fused-ring (bicyclic) bond motifs is 2. The highest BCUT2D eigenvalue weighted by Crippen LogP contribution is 2.39. The number of carbonyl (C=O) groups is 2. The summed E-state index contributed by atoms with van der Waals surface area (Å²) >= 11 is 4.23. The number of piperazine rings is 1. The van der Waals surface area contributed by atoms with Gasteiger partial charge in [0.1, 0.15) is 0 Å². The van der Waals surface area contributed by atoms with E-state index < -0.39 is 11.6 Å². The Balaban J connectivity index is 0.000000299. The molecule has 1 fully saturated rings. The van der Waals surface area contributed by atoms with E-state index in [-0.39, 0.29) is 33.3 Å². The van der Waals surface area contributed by atoms with Crippen LogP contribution in [0.25, 0.3) is 0 Å². The molecular formula is C19H22N2O5S. The van der Waals surface area contributed by atoms with Gasteiger partial charge in [-0.05, 0) is 6.92 Å². The lowest BCUT2D eigenvalue weighted by Gasteiger charge is -2.18. The zero-order chi connectivity index (χ0) is 19.6. The first-order valence-electron chi connectivity index (χ1n) is 8.62. The number of rotatable bonds is 2. The molecule has 144 valence electrons. The van der Waals surface area contributed by atoms with Crippen molar-refractivity contribution < 1.29 is 23.8 Å². The van der Waals surface area contributed by atoms with E-state index in [1.165, 1.54) is 14.0 Å². The molecule has 1 unspecified atom stereocenters. The maximum absolute atomic E-state index is 12.5. The molecule has 1 aliphatic heterocycles. The van der Waals surface area contributed by atoms with Crippen LogP contribution in [0.3, 0.4) is 0 Å². The number of hydrogen-bond acceptors (Lipinski definition) is 8. The number of hydrogen-bond donors (Lipinski definition) is 4. The highest BCUT2D eigenvalue weighted by molar-refractivity contribution is 7.80. The summed E-state index contributed by atoms with van der Waals surface area (Å²) in [5.41, 5.74) is 0.643. The summed E-state index contributed by atoms with van der Waals surface area (Å²) in [6.45, 7) is 5.90. The smallest absolute Gasteiger partial charge is 0.229 e. The third-order valence-corrected chi connectivity index (χ3v) is 4.94. The Morgan fingerprint density at radius 2 is 1.59 bits per heavy atom. The monoisotopic (exact) mass is 390 g/mol. The Labute approximate surface area is 162 Å². The number of methoxy groups -OCH3 is 1. The SMILES string of the molecule is C1CNCCN1.COC(C)(O)c1oc2c(c1S)C(=O)c1ccccc1C2=O. The number of aliphatic hydroxyl groups is 1. The van der Waals surface area contributed by atoms with E-state index in [0.717, 1.165) is 26.2 Å². The fourth-order valence-corrected chi connectivity index (χ4v) is 3.40. The lowest BCUT2D eigenvalue weighted by atomic mass is 9.88. The maximum atomic E-state index is 12.5. The van der Waals surface area contributed by atoms with Gasteiger partial charge in [-0.3, -0.25) is 9.59 Å². The van der Waals surface area contributed by atoms with Crippen molar-refractivity contribution in [3.05, 3.63) is 52.5 Å². The van der Waals surface area contributed by atoms with Gasteiger partial charge in [0.25, 0.3) is 0 Å². The third kappa shape index (κ3) is 3.71. The van der Waals surface area contributed by atoms with Crippen LogP contribution in [-0.2, 0) is 10.5 Å². The molecule has 2 aliphatic rings. The number of furan rings is 1. The van der Waals surface area contributed by atoms with Gasteiger partial charge in [0.05, 0.1) is 10.5 Å². The third-order valence-electron chi connectivity index (χ3n) is 4.51. The molecule has 0 radical (unpaired) electrons. The summed E-state index contributed by atoms with van der Waals surface area (Å²) < 4.78 is 10.3. The van der Waals surface area contributed by atoms with Gasteiger partial charge < -0.3 is 24.9 Å². The van der Waals surface area contributed by atoms with Crippen LogP contribution >= 0.6 is 12.6 Å². The topological polar surface area (TPSA) is 101 Å². The first kappa shape index (κ1) is 19.8. The Bertz CT molecular complexity index is 859. The first-order valence-corrected chi connectivity index (χ1v) is 9.06. The summed E-state index contributed by atoms with van der Waals surface area (Å²) in [5.74, 6) is -2.72. The lowest BCUT2D eigenvalue weighted by molar-refractivity contribution is -0.193. The number of benzene rings is 1. The van der Waals surface area contributed by atoms with Crippen LogP contribution in [0.2, 0.25) is 0 Å². The fraction of sp³-hybridized carbons (Fsp3) is 0.368. The number of thiol groups is 1. The molecule has 1 aliphatic carbocycles. The first-order chi connectivity index (χ1) is 12.9. The van der Waals surface area contributed by atoms with Crippen LogP contribution in [0.4, 0.5) is 0 Å². The Kier molecular flexibility index (Phi) is 5.83. The molecule has 4 rings (SSSR count). The second-order valence-corrected chi connectivity index (χ2v) is 6.82. The van der Waals surface area contributed by atoms with Crippen molar-refractivity contribution in [1.29, 1.82) is 0 Å². The number of ketones is 2. The number of ether oxygens (including phenoxy) is 1. The summed E-state index contributed by atoms with van der Waals surface area (Å²) in [6, 6.07) is 6.49. The highest BCUT2D eigenvalue weighted by atomic mass is 32.1. The van der Waals surface area contributed by atoms with Gasteiger partial charge in [-0.2, -0.15) is 0 Å². The molecule has 8 heteroatoms.